The SMILES string of the molecule is COP(=O)(OC)c1c[n+](CCOS(=O)(=O)O)nc2ccccc12. The zero-order valence-corrected chi connectivity index (χ0v) is 14.2. The van der Waals surface area contributed by atoms with Gasteiger partial charge in [0.2, 0.25) is 6.20 Å². The van der Waals surface area contributed by atoms with E-state index in [1.807, 2.05) is 0 Å². The largest absolute Gasteiger partial charge is 0.397 e. The van der Waals surface area contributed by atoms with Crippen molar-refractivity contribution in [3.63, 3.8) is 0 Å². The van der Waals surface area contributed by atoms with Crippen LogP contribution in [0.4, 0.5) is 0 Å². The van der Waals surface area contributed by atoms with Gasteiger partial charge in [0, 0.05) is 24.7 Å². The van der Waals surface area contributed by atoms with Crippen LogP contribution < -0.4 is 9.99 Å². The lowest BCUT2D eigenvalue weighted by Gasteiger charge is -2.14. The van der Waals surface area contributed by atoms with Gasteiger partial charge in [0.1, 0.15) is 17.4 Å². The van der Waals surface area contributed by atoms with Crippen molar-refractivity contribution in [3.05, 3.63) is 30.5 Å². The van der Waals surface area contributed by atoms with Crippen molar-refractivity contribution in [2.75, 3.05) is 20.8 Å². The molecule has 1 N–H and O–H groups in total. The fourth-order valence-electron chi connectivity index (χ4n) is 2.00. The van der Waals surface area contributed by atoms with E-state index in [2.05, 4.69) is 9.28 Å². The highest BCUT2D eigenvalue weighted by Crippen LogP contribution is 2.46. The van der Waals surface area contributed by atoms with E-state index < -0.39 is 18.0 Å². The van der Waals surface area contributed by atoms with Crippen molar-refractivity contribution in [3.8, 4) is 0 Å². The second-order valence-electron chi connectivity index (χ2n) is 4.41. The molecular weight excluding hydrogens is 347 g/mol. The summed E-state index contributed by atoms with van der Waals surface area (Å²) in [6.45, 7) is -0.330. The molecule has 0 unspecified atom stereocenters. The van der Waals surface area contributed by atoms with Gasteiger partial charge in [-0.25, -0.2) is 4.18 Å². The minimum Gasteiger partial charge on any atom is -0.308 e. The van der Waals surface area contributed by atoms with Gasteiger partial charge in [-0.15, -0.1) is 0 Å². The highest BCUT2D eigenvalue weighted by molar-refractivity contribution is 7.80. The molecule has 126 valence electrons. The first kappa shape index (κ1) is 17.9. The predicted molar refractivity (Wildman–Crippen MR) is 80.7 cm³/mol. The fourth-order valence-corrected chi connectivity index (χ4v) is 3.58. The Morgan fingerprint density at radius 1 is 1.26 bits per heavy atom. The van der Waals surface area contributed by atoms with Crippen LogP contribution in [0.5, 0.6) is 0 Å². The molecule has 0 saturated heterocycles. The van der Waals surface area contributed by atoms with E-state index in [-0.39, 0.29) is 13.2 Å². The molecular formula is C12H16N2O7PS+. The summed E-state index contributed by atoms with van der Waals surface area (Å²) in [6.07, 6.45) is 1.43. The zero-order chi connectivity index (χ0) is 17.1. The van der Waals surface area contributed by atoms with Crippen molar-refractivity contribution >= 4 is 34.2 Å². The lowest BCUT2D eigenvalue weighted by atomic mass is 10.2. The zero-order valence-electron chi connectivity index (χ0n) is 12.4. The molecule has 0 saturated carbocycles. The van der Waals surface area contributed by atoms with Gasteiger partial charge in [0.25, 0.3) is 0 Å². The molecule has 0 spiro atoms. The Balaban J connectivity index is 2.46. The molecule has 11 heteroatoms. The normalized spacial score (nSPS) is 12.7. The Morgan fingerprint density at radius 2 is 1.91 bits per heavy atom. The van der Waals surface area contributed by atoms with Gasteiger partial charge < -0.3 is 9.05 Å². The quantitative estimate of drug-likeness (QED) is 0.428. The van der Waals surface area contributed by atoms with Gasteiger partial charge in [-0.3, -0.25) is 9.12 Å². The number of rotatable bonds is 7. The first-order valence-corrected chi connectivity index (χ1v) is 9.33. The second-order valence-corrected chi connectivity index (χ2v) is 7.71. The molecule has 0 atom stereocenters. The summed E-state index contributed by atoms with van der Waals surface area (Å²) < 4.78 is 58.0. The van der Waals surface area contributed by atoms with E-state index in [0.29, 0.717) is 16.2 Å². The van der Waals surface area contributed by atoms with Gasteiger partial charge in [0.05, 0.1) is 0 Å². The number of hydrogen-bond donors (Lipinski definition) is 1. The molecule has 0 radical (unpaired) electrons. The van der Waals surface area contributed by atoms with Crippen LogP contribution in [0.1, 0.15) is 0 Å². The highest BCUT2D eigenvalue weighted by atomic mass is 32.3. The van der Waals surface area contributed by atoms with Crippen LogP contribution in [0.15, 0.2) is 30.5 Å². The number of fused-ring (bicyclic) bond motifs is 1. The van der Waals surface area contributed by atoms with Crippen molar-refractivity contribution in [1.29, 1.82) is 0 Å². The van der Waals surface area contributed by atoms with Gasteiger partial charge >= 0.3 is 18.0 Å². The minimum absolute atomic E-state index is 0.00501. The molecule has 0 aliphatic heterocycles. The first-order valence-electron chi connectivity index (χ1n) is 6.42. The Hall–Kier alpha value is -1.42. The summed E-state index contributed by atoms with van der Waals surface area (Å²) >= 11 is 0. The third-order valence-electron chi connectivity index (χ3n) is 3.02. The Labute approximate surface area is 133 Å². The average molecular weight is 363 g/mol. The lowest BCUT2D eigenvalue weighted by Crippen LogP contribution is -2.43. The van der Waals surface area contributed by atoms with Gasteiger partial charge in [-0.1, -0.05) is 22.9 Å². The van der Waals surface area contributed by atoms with E-state index in [1.54, 1.807) is 24.3 Å². The topological polar surface area (TPSA) is 116 Å². The maximum absolute atomic E-state index is 12.7. The second kappa shape index (κ2) is 7.00. The van der Waals surface area contributed by atoms with Crippen molar-refractivity contribution in [2.45, 2.75) is 6.54 Å². The van der Waals surface area contributed by atoms with Crippen LogP contribution in [0.25, 0.3) is 10.9 Å². The standard InChI is InChI=1S/C12H15N2O7PS/c1-19-22(15,20-2)12-9-14(7-8-21-23(16,17)18)13-11-6-4-3-5-10(11)12/h3-6,9H,7-8H2,1-2H3/p+1. The molecule has 9 nitrogen and oxygen atoms in total. The molecule has 0 aliphatic carbocycles. The predicted octanol–water partition coefficient (Wildman–Crippen LogP) is 0.453. The Morgan fingerprint density at radius 3 is 2.52 bits per heavy atom. The van der Waals surface area contributed by atoms with Crippen molar-refractivity contribution in [1.82, 2.24) is 5.10 Å². The van der Waals surface area contributed by atoms with E-state index >= 15 is 0 Å². The van der Waals surface area contributed by atoms with Crippen LogP contribution in [0.2, 0.25) is 0 Å². The maximum Gasteiger partial charge on any atom is 0.397 e. The summed E-state index contributed by atoms with van der Waals surface area (Å²) in [5.74, 6) is 0. The van der Waals surface area contributed by atoms with Crippen LogP contribution in [-0.4, -0.2) is 38.9 Å². The number of benzene rings is 1. The monoisotopic (exact) mass is 363 g/mol. The molecule has 0 aliphatic rings. The molecule has 1 heterocycles. The van der Waals surface area contributed by atoms with Crippen molar-refractivity contribution in [2.24, 2.45) is 0 Å². The lowest BCUT2D eigenvalue weighted by molar-refractivity contribution is -0.751. The maximum atomic E-state index is 12.7. The van der Waals surface area contributed by atoms with Crippen LogP contribution >= 0.6 is 7.60 Å². The molecule has 23 heavy (non-hydrogen) atoms. The minimum atomic E-state index is -4.53. The number of aromatic nitrogens is 2. The van der Waals surface area contributed by atoms with Gasteiger partial charge in [-0.05, 0) is 6.07 Å². The Kier molecular flexibility index (Phi) is 5.45. The Bertz CT molecular complexity index is 848. The molecule has 1 aromatic carbocycles. The third kappa shape index (κ3) is 4.31. The summed E-state index contributed by atoms with van der Waals surface area (Å²) in [5, 5.41) is 5.15. The fraction of sp³-hybridized carbons (Fsp3) is 0.333. The molecule has 0 bridgehead atoms. The number of nitrogens with zero attached hydrogens (tertiary/aromatic N) is 2. The highest BCUT2D eigenvalue weighted by Gasteiger charge is 2.31. The molecule has 1 aromatic heterocycles. The van der Waals surface area contributed by atoms with Crippen LogP contribution in [0.3, 0.4) is 0 Å². The van der Waals surface area contributed by atoms with E-state index in [9.17, 15) is 13.0 Å². The average Bonchev–Trinajstić information content (AvgIpc) is 2.52. The third-order valence-corrected chi connectivity index (χ3v) is 5.39. The summed E-state index contributed by atoms with van der Waals surface area (Å²) in [6, 6.07) is 6.94. The molecule has 0 amide bonds. The first-order chi connectivity index (χ1) is 10.8. The molecule has 0 fully saturated rings. The summed E-state index contributed by atoms with van der Waals surface area (Å²) in [5.41, 5.74) is 0.520. The van der Waals surface area contributed by atoms with Gasteiger partial charge in [-0.2, -0.15) is 8.42 Å². The van der Waals surface area contributed by atoms with Gasteiger partial charge in [0.15, 0.2) is 6.54 Å². The van der Waals surface area contributed by atoms with E-state index in [0.717, 1.165) is 0 Å². The van der Waals surface area contributed by atoms with E-state index in [4.69, 9.17) is 13.6 Å². The summed E-state index contributed by atoms with van der Waals surface area (Å²) in [4.78, 5) is 0. The van der Waals surface area contributed by atoms with E-state index in [1.165, 1.54) is 25.1 Å². The number of hydrogen-bond acceptors (Lipinski definition) is 7. The van der Waals surface area contributed by atoms with Crippen LogP contribution in [-0.2, 0) is 34.7 Å². The molecule has 2 aromatic rings. The summed E-state index contributed by atoms with van der Waals surface area (Å²) in [7, 11) is -5.53. The smallest absolute Gasteiger partial charge is 0.308 e. The van der Waals surface area contributed by atoms with Crippen molar-refractivity contribution < 1.29 is 35.4 Å². The molecule has 2 rings (SSSR count). The van der Waals surface area contributed by atoms with Crippen LogP contribution in [0, 0.1) is 0 Å².